The van der Waals surface area contributed by atoms with Crippen molar-refractivity contribution in [2.75, 3.05) is 63.5 Å². The van der Waals surface area contributed by atoms with Crippen LogP contribution >= 0.6 is 0 Å². The molecule has 1 fully saturated rings. The summed E-state index contributed by atoms with van der Waals surface area (Å²) in [6.07, 6.45) is 0. The van der Waals surface area contributed by atoms with E-state index in [2.05, 4.69) is 20.4 Å². The van der Waals surface area contributed by atoms with Gasteiger partial charge in [0.05, 0.1) is 0 Å². The number of anilines is 2. The number of amides is 1. The number of carbonyl (C=O) groups is 1. The SMILES string of the molecule is CN1COCN(C)c2nc(N3CCNCC3)n(Cc3nnc(-c4cccc(F)c4)o3)c2C1=O. The van der Waals surface area contributed by atoms with Gasteiger partial charge in [-0.25, -0.2) is 4.39 Å². The van der Waals surface area contributed by atoms with Crippen LogP contribution in [0.5, 0.6) is 0 Å². The lowest BCUT2D eigenvalue weighted by Gasteiger charge is -2.29. The van der Waals surface area contributed by atoms with Crippen LogP contribution in [-0.2, 0) is 11.3 Å². The number of fused-ring (bicyclic) bond motifs is 1. The lowest BCUT2D eigenvalue weighted by molar-refractivity contribution is 0.0312. The van der Waals surface area contributed by atoms with Gasteiger partial charge in [0.2, 0.25) is 17.7 Å². The summed E-state index contributed by atoms with van der Waals surface area (Å²) in [6.45, 7) is 3.74. The number of nitrogens with zero attached hydrogens (tertiary/aromatic N) is 7. The van der Waals surface area contributed by atoms with Crippen LogP contribution in [0.25, 0.3) is 11.5 Å². The largest absolute Gasteiger partial charge is 0.419 e. The Hall–Kier alpha value is -3.51. The summed E-state index contributed by atoms with van der Waals surface area (Å²) >= 11 is 0. The lowest BCUT2D eigenvalue weighted by Crippen LogP contribution is -2.45. The molecule has 3 aromatic rings. The van der Waals surface area contributed by atoms with Gasteiger partial charge in [0.25, 0.3) is 5.91 Å². The number of aromatic nitrogens is 4. The molecule has 1 saturated heterocycles. The molecule has 1 amide bonds. The lowest BCUT2D eigenvalue weighted by atomic mass is 10.2. The summed E-state index contributed by atoms with van der Waals surface area (Å²) in [5.74, 6) is 1.10. The molecule has 0 bridgehead atoms. The van der Waals surface area contributed by atoms with Gasteiger partial charge in [-0.1, -0.05) is 6.07 Å². The Balaban J connectivity index is 1.57. The maximum Gasteiger partial charge on any atom is 0.276 e. The van der Waals surface area contributed by atoms with Crippen LogP contribution in [-0.4, -0.2) is 84.3 Å². The molecule has 0 atom stereocenters. The molecule has 2 aliphatic rings. The molecular weight excluding hydrogens is 431 g/mol. The highest BCUT2D eigenvalue weighted by Gasteiger charge is 2.32. The molecule has 11 nitrogen and oxygen atoms in total. The summed E-state index contributed by atoms with van der Waals surface area (Å²) < 4.78 is 26.9. The standard InChI is InChI=1S/C21H25FN8O3/c1-27-12-32-13-28(2)20(31)17-18(27)24-21(29-8-6-23-7-9-29)30(17)11-16-25-26-19(33-16)14-4-3-5-15(22)10-14/h3-5,10,23H,6-9,11-13H2,1-2H3. The molecule has 2 aromatic heterocycles. The van der Waals surface area contributed by atoms with E-state index in [0.717, 1.165) is 26.2 Å². The number of halogens is 1. The molecule has 174 valence electrons. The van der Waals surface area contributed by atoms with Gasteiger partial charge in [-0.2, -0.15) is 4.98 Å². The number of imidazole rings is 1. The van der Waals surface area contributed by atoms with Gasteiger partial charge in [0.15, 0.2) is 11.5 Å². The second-order valence-corrected chi connectivity index (χ2v) is 8.08. The maximum absolute atomic E-state index is 13.6. The zero-order chi connectivity index (χ0) is 22.9. The van der Waals surface area contributed by atoms with E-state index in [1.807, 2.05) is 16.5 Å². The van der Waals surface area contributed by atoms with Crippen molar-refractivity contribution in [1.29, 1.82) is 0 Å². The second kappa shape index (κ2) is 8.79. The number of nitrogens with one attached hydrogen (secondary N) is 1. The third-order valence-electron chi connectivity index (χ3n) is 5.64. The first-order valence-electron chi connectivity index (χ1n) is 10.7. The molecule has 33 heavy (non-hydrogen) atoms. The van der Waals surface area contributed by atoms with E-state index in [-0.39, 0.29) is 30.9 Å². The summed E-state index contributed by atoms with van der Waals surface area (Å²) in [5, 5.41) is 11.6. The highest BCUT2D eigenvalue weighted by molar-refractivity contribution is 5.98. The monoisotopic (exact) mass is 456 g/mol. The van der Waals surface area contributed by atoms with Crippen LogP contribution in [0.3, 0.4) is 0 Å². The van der Waals surface area contributed by atoms with Crippen molar-refractivity contribution >= 4 is 17.7 Å². The normalized spacial score (nSPS) is 17.2. The van der Waals surface area contributed by atoms with Crippen LogP contribution in [0, 0.1) is 5.82 Å². The van der Waals surface area contributed by atoms with E-state index >= 15 is 0 Å². The van der Waals surface area contributed by atoms with Crippen LogP contribution in [0.1, 0.15) is 16.4 Å². The van der Waals surface area contributed by atoms with Gasteiger partial charge in [-0.3, -0.25) is 9.36 Å². The van der Waals surface area contributed by atoms with Gasteiger partial charge < -0.3 is 29.2 Å². The quantitative estimate of drug-likeness (QED) is 0.615. The van der Waals surface area contributed by atoms with Crippen molar-refractivity contribution in [2.45, 2.75) is 6.54 Å². The summed E-state index contributed by atoms with van der Waals surface area (Å²) in [5.41, 5.74) is 0.923. The van der Waals surface area contributed by atoms with E-state index in [4.69, 9.17) is 14.1 Å². The zero-order valence-electron chi connectivity index (χ0n) is 18.5. The molecule has 0 spiro atoms. The molecule has 2 aliphatic heterocycles. The molecular formula is C21H25FN8O3. The fourth-order valence-electron chi connectivity index (χ4n) is 3.97. The molecule has 1 N–H and O–H groups in total. The number of hydrogen-bond acceptors (Lipinski definition) is 9. The average Bonchev–Trinajstić information content (AvgIpc) is 3.44. The molecule has 0 unspecified atom stereocenters. The van der Waals surface area contributed by atoms with E-state index < -0.39 is 0 Å². The van der Waals surface area contributed by atoms with Crippen molar-refractivity contribution in [3.63, 3.8) is 0 Å². The number of benzene rings is 1. The first kappa shape index (κ1) is 21.3. The molecule has 0 aliphatic carbocycles. The summed E-state index contributed by atoms with van der Waals surface area (Å²) in [4.78, 5) is 23.6. The van der Waals surface area contributed by atoms with E-state index in [1.54, 1.807) is 19.2 Å². The number of ether oxygens (including phenoxy) is 1. The molecule has 0 radical (unpaired) electrons. The van der Waals surface area contributed by atoms with Crippen molar-refractivity contribution in [1.82, 2.24) is 30.0 Å². The first-order valence-corrected chi connectivity index (χ1v) is 10.7. The van der Waals surface area contributed by atoms with Crippen molar-refractivity contribution in [3.8, 4) is 11.5 Å². The Morgan fingerprint density at radius 1 is 1.12 bits per heavy atom. The van der Waals surface area contributed by atoms with Crippen molar-refractivity contribution in [2.24, 2.45) is 0 Å². The fraction of sp³-hybridized carbons (Fsp3) is 0.429. The molecule has 1 aromatic carbocycles. The van der Waals surface area contributed by atoms with Crippen LogP contribution < -0.4 is 15.1 Å². The maximum atomic E-state index is 13.6. The van der Waals surface area contributed by atoms with Gasteiger partial charge >= 0.3 is 0 Å². The first-order chi connectivity index (χ1) is 16.0. The topological polar surface area (TPSA) is 105 Å². The second-order valence-electron chi connectivity index (χ2n) is 8.08. The predicted molar refractivity (Wildman–Crippen MR) is 117 cm³/mol. The number of rotatable bonds is 4. The van der Waals surface area contributed by atoms with E-state index in [1.165, 1.54) is 17.0 Å². The third-order valence-corrected chi connectivity index (χ3v) is 5.64. The number of piperazine rings is 1. The fourth-order valence-corrected chi connectivity index (χ4v) is 3.97. The molecule has 5 rings (SSSR count). The Kier molecular flexibility index (Phi) is 5.68. The summed E-state index contributed by atoms with van der Waals surface area (Å²) in [6, 6.07) is 5.98. The van der Waals surface area contributed by atoms with Gasteiger partial charge in [-0.15, -0.1) is 10.2 Å². The highest BCUT2D eigenvalue weighted by Crippen LogP contribution is 2.30. The minimum Gasteiger partial charge on any atom is -0.419 e. The van der Waals surface area contributed by atoms with E-state index in [9.17, 15) is 9.18 Å². The zero-order valence-corrected chi connectivity index (χ0v) is 18.5. The third kappa shape index (κ3) is 4.14. The Labute approximate surface area is 189 Å². The predicted octanol–water partition coefficient (Wildman–Crippen LogP) is 0.984. The van der Waals surface area contributed by atoms with Crippen molar-refractivity contribution in [3.05, 3.63) is 41.7 Å². The van der Waals surface area contributed by atoms with Crippen LogP contribution in [0.4, 0.5) is 16.2 Å². The molecule has 4 heterocycles. The number of hydrogen-bond donors (Lipinski definition) is 1. The molecule has 12 heteroatoms. The Bertz CT molecular complexity index is 1160. The Morgan fingerprint density at radius 2 is 1.91 bits per heavy atom. The number of carbonyl (C=O) groups excluding carboxylic acids is 1. The summed E-state index contributed by atoms with van der Waals surface area (Å²) in [7, 11) is 3.53. The smallest absolute Gasteiger partial charge is 0.276 e. The van der Waals surface area contributed by atoms with Gasteiger partial charge in [0, 0.05) is 45.8 Å². The van der Waals surface area contributed by atoms with Crippen molar-refractivity contribution < 1.29 is 18.3 Å². The molecule has 0 saturated carbocycles. The van der Waals surface area contributed by atoms with Crippen LogP contribution in [0.2, 0.25) is 0 Å². The van der Waals surface area contributed by atoms with E-state index in [0.29, 0.717) is 35.6 Å². The average molecular weight is 456 g/mol. The minimum atomic E-state index is -0.386. The van der Waals surface area contributed by atoms with Gasteiger partial charge in [0.1, 0.15) is 25.8 Å². The minimum absolute atomic E-state index is 0.151. The highest BCUT2D eigenvalue weighted by atomic mass is 19.1. The Morgan fingerprint density at radius 3 is 2.70 bits per heavy atom. The van der Waals surface area contributed by atoms with Gasteiger partial charge in [-0.05, 0) is 18.2 Å². The van der Waals surface area contributed by atoms with Crippen LogP contribution in [0.15, 0.2) is 28.7 Å².